The molecule has 6 nitrogen and oxygen atoms in total. The fourth-order valence-corrected chi connectivity index (χ4v) is 0.580. The molecule has 0 bridgehead atoms. The molecule has 0 unspecified atom stereocenters. The molecule has 66 valence electrons. The van der Waals surface area contributed by atoms with E-state index in [1.54, 1.807) is 0 Å². The van der Waals surface area contributed by atoms with Crippen LogP contribution in [0, 0.1) is 0 Å². The van der Waals surface area contributed by atoms with E-state index in [0.717, 1.165) is 0 Å². The van der Waals surface area contributed by atoms with E-state index in [9.17, 15) is 9.59 Å². The Hall–Kier alpha value is -1.55. The summed E-state index contributed by atoms with van der Waals surface area (Å²) in [5, 5.41) is 5.07. The molecule has 0 aromatic rings. The van der Waals surface area contributed by atoms with Crippen molar-refractivity contribution in [2.45, 2.75) is 19.8 Å². The van der Waals surface area contributed by atoms with Crippen LogP contribution < -0.4 is 5.32 Å². The van der Waals surface area contributed by atoms with Gasteiger partial charge in [-0.2, -0.15) is 0 Å². The SMILES string of the molecule is CCCC(=O)NC(=O)CN=[N+]=[N-]. The third-order valence-electron chi connectivity index (χ3n) is 1.03. The van der Waals surface area contributed by atoms with Crippen molar-refractivity contribution in [3.8, 4) is 0 Å². The molecule has 1 N–H and O–H groups in total. The summed E-state index contributed by atoms with van der Waals surface area (Å²) in [6.07, 6.45) is 0.989. The maximum absolute atomic E-state index is 10.7. The van der Waals surface area contributed by atoms with Crippen molar-refractivity contribution in [3.05, 3.63) is 10.4 Å². The summed E-state index contributed by atoms with van der Waals surface area (Å²) in [6, 6.07) is 0. The minimum Gasteiger partial charge on any atom is -0.296 e. The molecule has 12 heavy (non-hydrogen) atoms. The number of nitrogens with one attached hydrogen (secondary N) is 1. The Morgan fingerprint density at radius 3 is 2.67 bits per heavy atom. The number of hydrogen-bond donors (Lipinski definition) is 1. The minimum atomic E-state index is -0.564. The Balaban J connectivity index is 3.68. The molecule has 0 radical (unpaired) electrons. The van der Waals surface area contributed by atoms with Crippen LogP contribution in [-0.2, 0) is 9.59 Å². The Morgan fingerprint density at radius 1 is 1.50 bits per heavy atom. The number of imide groups is 1. The first-order chi connectivity index (χ1) is 5.70. The molecule has 0 saturated carbocycles. The summed E-state index contributed by atoms with van der Waals surface area (Å²) in [5.74, 6) is -0.901. The molecule has 0 aliphatic carbocycles. The average molecular weight is 170 g/mol. The highest BCUT2D eigenvalue weighted by Crippen LogP contribution is 1.85. The molecule has 0 atom stereocenters. The summed E-state index contributed by atoms with van der Waals surface area (Å²) in [7, 11) is 0. The quantitative estimate of drug-likeness (QED) is 0.382. The Kier molecular flexibility index (Phi) is 5.38. The number of nitrogens with zero attached hydrogens (tertiary/aromatic N) is 3. The molecule has 0 aromatic carbocycles. The van der Waals surface area contributed by atoms with Crippen molar-refractivity contribution in [1.29, 1.82) is 0 Å². The van der Waals surface area contributed by atoms with Crippen LogP contribution in [0.15, 0.2) is 5.11 Å². The van der Waals surface area contributed by atoms with Gasteiger partial charge in [0.25, 0.3) is 0 Å². The summed E-state index contributed by atoms with van der Waals surface area (Å²) < 4.78 is 0. The third-order valence-corrected chi connectivity index (χ3v) is 1.03. The number of hydrogen-bond acceptors (Lipinski definition) is 3. The van der Waals surface area contributed by atoms with Gasteiger partial charge in [-0.05, 0) is 12.0 Å². The molecule has 2 amide bonds. The molecular weight excluding hydrogens is 160 g/mol. The minimum absolute atomic E-state index is 0.308. The van der Waals surface area contributed by atoms with Gasteiger partial charge in [0.05, 0.1) is 0 Å². The van der Waals surface area contributed by atoms with Gasteiger partial charge in [0, 0.05) is 11.3 Å². The first-order valence-corrected chi connectivity index (χ1v) is 3.54. The molecular formula is C6H10N4O2. The highest BCUT2D eigenvalue weighted by Gasteiger charge is 2.04. The van der Waals surface area contributed by atoms with E-state index in [2.05, 4.69) is 15.3 Å². The second-order valence-corrected chi connectivity index (χ2v) is 2.11. The third kappa shape index (κ3) is 5.25. The Labute approximate surface area is 69.6 Å². The topological polar surface area (TPSA) is 94.9 Å². The average Bonchev–Trinajstić information content (AvgIpc) is 2.01. The number of carbonyl (C=O) groups excluding carboxylic acids is 2. The van der Waals surface area contributed by atoms with E-state index in [-0.39, 0.29) is 12.5 Å². The first kappa shape index (κ1) is 10.4. The van der Waals surface area contributed by atoms with E-state index in [1.807, 2.05) is 6.92 Å². The molecule has 0 rings (SSSR count). The molecule has 6 heteroatoms. The number of azide groups is 1. The standard InChI is InChI=1S/C6H10N4O2/c1-2-3-5(11)9-6(12)4-8-10-7/h2-4H2,1H3,(H,9,11,12). The zero-order valence-corrected chi connectivity index (χ0v) is 6.78. The van der Waals surface area contributed by atoms with Gasteiger partial charge in [-0.25, -0.2) is 0 Å². The highest BCUT2D eigenvalue weighted by atomic mass is 16.2. The molecule has 0 aromatic heterocycles. The van der Waals surface area contributed by atoms with Crippen molar-refractivity contribution in [1.82, 2.24) is 5.32 Å². The first-order valence-electron chi connectivity index (χ1n) is 3.54. The summed E-state index contributed by atoms with van der Waals surface area (Å²) >= 11 is 0. The smallest absolute Gasteiger partial charge is 0.232 e. The van der Waals surface area contributed by atoms with Gasteiger partial charge in [-0.3, -0.25) is 14.9 Å². The number of rotatable bonds is 4. The van der Waals surface area contributed by atoms with Crippen LogP contribution in [0.25, 0.3) is 10.4 Å². The van der Waals surface area contributed by atoms with Gasteiger partial charge in [0.15, 0.2) is 0 Å². The van der Waals surface area contributed by atoms with Crippen LogP contribution in [-0.4, -0.2) is 18.4 Å². The van der Waals surface area contributed by atoms with Crippen LogP contribution in [0.1, 0.15) is 19.8 Å². The molecule has 0 heterocycles. The lowest BCUT2D eigenvalue weighted by molar-refractivity contribution is -0.129. The monoisotopic (exact) mass is 170 g/mol. The van der Waals surface area contributed by atoms with Gasteiger partial charge in [0.1, 0.15) is 6.54 Å². The number of carbonyl (C=O) groups is 2. The van der Waals surface area contributed by atoms with Gasteiger partial charge < -0.3 is 0 Å². The zero-order chi connectivity index (χ0) is 9.40. The molecule has 0 spiro atoms. The van der Waals surface area contributed by atoms with E-state index in [1.165, 1.54) is 0 Å². The molecule has 0 fully saturated rings. The van der Waals surface area contributed by atoms with Gasteiger partial charge in [-0.1, -0.05) is 12.0 Å². The van der Waals surface area contributed by atoms with Crippen LogP contribution in [0.4, 0.5) is 0 Å². The lowest BCUT2D eigenvalue weighted by atomic mass is 10.3. The summed E-state index contributed by atoms with van der Waals surface area (Å²) in [5.41, 5.74) is 7.85. The number of amides is 2. The van der Waals surface area contributed by atoms with Gasteiger partial charge in [0.2, 0.25) is 11.8 Å². The predicted octanol–water partition coefficient (Wildman–Crippen LogP) is 0.740. The fourth-order valence-electron chi connectivity index (χ4n) is 0.580. The van der Waals surface area contributed by atoms with Crippen LogP contribution in [0.5, 0.6) is 0 Å². The fraction of sp³-hybridized carbons (Fsp3) is 0.667. The lowest BCUT2D eigenvalue weighted by Gasteiger charge is -1.98. The lowest BCUT2D eigenvalue weighted by Crippen LogP contribution is -2.31. The van der Waals surface area contributed by atoms with E-state index >= 15 is 0 Å². The predicted molar refractivity (Wildman–Crippen MR) is 42.1 cm³/mol. The largest absolute Gasteiger partial charge is 0.296 e. The Bertz CT molecular complexity index is 220. The highest BCUT2D eigenvalue weighted by molar-refractivity contribution is 5.96. The van der Waals surface area contributed by atoms with Crippen LogP contribution in [0.3, 0.4) is 0 Å². The zero-order valence-electron chi connectivity index (χ0n) is 6.78. The van der Waals surface area contributed by atoms with Crippen molar-refractivity contribution >= 4 is 11.8 Å². The summed E-state index contributed by atoms with van der Waals surface area (Å²) in [4.78, 5) is 23.8. The van der Waals surface area contributed by atoms with Gasteiger partial charge >= 0.3 is 0 Å². The Morgan fingerprint density at radius 2 is 2.17 bits per heavy atom. The second-order valence-electron chi connectivity index (χ2n) is 2.11. The molecule has 0 aliphatic heterocycles. The molecule has 0 saturated heterocycles. The van der Waals surface area contributed by atoms with Crippen LogP contribution in [0.2, 0.25) is 0 Å². The van der Waals surface area contributed by atoms with E-state index < -0.39 is 5.91 Å². The summed E-state index contributed by atoms with van der Waals surface area (Å²) in [6.45, 7) is 1.50. The van der Waals surface area contributed by atoms with Crippen molar-refractivity contribution in [2.24, 2.45) is 5.11 Å². The van der Waals surface area contributed by atoms with Crippen molar-refractivity contribution < 1.29 is 9.59 Å². The van der Waals surface area contributed by atoms with Crippen molar-refractivity contribution in [3.63, 3.8) is 0 Å². The van der Waals surface area contributed by atoms with E-state index in [4.69, 9.17) is 5.53 Å². The normalized spacial score (nSPS) is 8.42. The maximum atomic E-state index is 10.7. The van der Waals surface area contributed by atoms with E-state index in [0.29, 0.717) is 12.8 Å². The second kappa shape index (κ2) is 6.18. The van der Waals surface area contributed by atoms with Crippen LogP contribution >= 0.6 is 0 Å². The molecule has 0 aliphatic rings. The van der Waals surface area contributed by atoms with Gasteiger partial charge in [-0.15, -0.1) is 0 Å². The maximum Gasteiger partial charge on any atom is 0.232 e. The van der Waals surface area contributed by atoms with Crippen molar-refractivity contribution in [2.75, 3.05) is 6.54 Å².